The van der Waals surface area contributed by atoms with Crippen LogP contribution >= 0.6 is 11.6 Å². The van der Waals surface area contributed by atoms with E-state index in [1.807, 2.05) is 24.3 Å². The molecule has 1 unspecified atom stereocenters. The Hall–Kier alpha value is -1.62. The lowest BCUT2D eigenvalue weighted by Crippen LogP contribution is -2.29. The summed E-state index contributed by atoms with van der Waals surface area (Å²) in [7, 11) is 1.61. The van der Waals surface area contributed by atoms with E-state index in [2.05, 4.69) is 5.43 Å². The maximum Gasteiger partial charge on any atom is 0.123 e. The molecular weight excluding hydrogens is 279 g/mol. The number of halogens is 2. The van der Waals surface area contributed by atoms with Crippen LogP contribution in [0.15, 0.2) is 42.5 Å². The van der Waals surface area contributed by atoms with Crippen molar-refractivity contribution in [2.24, 2.45) is 5.84 Å². The van der Waals surface area contributed by atoms with Gasteiger partial charge in [0.25, 0.3) is 0 Å². The second-order valence-electron chi connectivity index (χ2n) is 4.44. The SMILES string of the molecule is COc1cccc(CC(NN)c2cc(F)ccc2Cl)c1. The first-order valence-corrected chi connectivity index (χ1v) is 6.56. The van der Waals surface area contributed by atoms with Crippen molar-refractivity contribution >= 4 is 11.6 Å². The molecule has 0 bridgehead atoms. The van der Waals surface area contributed by atoms with Crippen molar-refractivity contribution in [2.45, 2.75) is 12.5 Å². The summed E-state index contributed by atoms with van der Waals surface area (Å²) in [6.07, 6.45) is 0.580. The van der Waals surface area contributed by atoms with Crippen molar-refractivity contribution in [3.63, 3.8) is 0 Å². The van der Waals surface area contributed by atoms with Gasteiger partial charge in [-0.1, -0.05) is 23.7 Å². The Morgan fingerprint density at radius 3 is 2.80 bits per heavy atom. The molecule has 0 aliphatic carbocycles. The molecular formula is C15H16ClFN2O. The maximum absolute atomic E-state index is 13.4. The highest BCUT2D eigenvalue weighted by Crippen LogP contribution is 2.27. The standard InChI is InChI=1S/C15H16ClFN2O/c1-20-12-4-2-3-10(7-12)8-15(19-18)13-9-11(17)5-6-14(13)16/h2-7,9,15,19H,8,18H2,1H3. The van der Waals surface area contributed by atoms with Crippen LogP contribution in [0.3, 0.4) is 0 Å². The third kappa shape index (κ3) is 3.48. The van der Waals surface area contributed by atoms with E-state index in [0.717, 1.165) is 11.3 Å². The van der Waals surface area contributed by atoms with Gasteiger partial charge in [0.1, 0.15) is 11.6 Å². The molecule has 0 fully saturated rings. The minimum absolute atomic E-state index is 0.273. The van der Waals surface area contributed by atoms with Crippen LogP contribution in [0.1, 0.15) is 17.2 Å². The van der Waals surface area contributed by atoms with Crippen molar-refractivity contribution in [3.8, 4) is 5.75 Å². The zero-order valence-corrected chi connectivity index (χ0v) is 11.8. The number of hydrogen-bond acceptors (Lipinski definition) is 3. The number of benzene rings is 2. The summed E-state index contributed by atoms with van der Waals surface area (Å²) in [5, 5.41) is 0.484. The smallest absolute Gasteiger partial charge is 0.123 e. The number of methoxy groups -OCH3 is 1. The van der Waals surface area contributed by atoms with Gasteiger partial charge in [0, 0.05) is 5.02 Å². The number of nitrogens with one attached hydrogen (secondary N) is 1. The van der Waals surface area contributed by atoms with Crippen LogP contribution in [-0.4, -0.2) is 7.11 Å². The molecule has 2 rings (SSSR count). The lowest BCUT2D eigenvalue weighted by Gasteiger charge is -2.18. The van der Waals surface area contributed by atoms with Gasteiger partial charge in [0.2, 0.25) is 0 Å². The van der Waals surface area contributed by atoms with Crippen molar-refractivity contribution in [1.82, 2.24) is 5.43 Å². The fourth-order valence-corrected chi connectivity index (χ4v) is 2.32. The molecule has 3 N–H and O–H groups in total. The van der Waals surface area contributed by atoms with E-state index in [9.17, 15) is 4.39 Å². The topological polar surface area (TPSA) is 47.3 Å². The quantitative estimate of drug-likeness (QED) is 0.657. The molecule has 0 aliphatic heterocycles. The van der Waals surface area contributed by atoms with Crippen LogP contribution in [-0.2, 0) is 6.42 Å². The normalized spacial score (nSPS) is 12.2. The summed E-state index contributed by atoms with van der Waals surface area (Å²) in [4.78, 5) is 0. The molecule has 2 aromatic rings. The third-order valence-electron chi connectivity index (χ3n) is 3.11. The van der Waals surface area contributed by atoms with Crippen molar-refractivity contribution in [3.05, 3.63) is 64.4 Å². The molecule has 0 amide bonds. The maximum atomic E-state index is 13.4. The van der Waals surface area contributed by atoms with Gasteiger partial charge in [0.05, 0.1) is 13.2 Å². The summed E-state index contributed by atoms with van der Waals surface area (Å²) in [5.41, 5.74) is 4.34. The highest BCUT2D eigenvalue weighted by molar-refractivity contribution is 6.31. The number of nitrogens with two attached hydrogens (primary N) is 1. The zero-order chi connectivity index (χ0) is 14.5. The van der Waals surface area contributed by atoms with Crippen molar-refractivity contribution in [1.29, 1.82) is 0 Å². The molecule has 0 heterocycles. The monoisotopic (exact) mass is 294 g/mol. The van der Waals surface area contributed by atoms with Crippen molar-refractivity contribution in [2.75, 3.05) is 7.11 Å². The van der Waals surface area contributed by atoms with Gasteiger partial charge in [-0.15, -0.1) is 0 Å². The first-order valence-electron chi connectivity index (χ1n) is 6.18. The fourth-order valence-electron chi connectivity index (χ4n) is 2.08. The van der Waals surface area contributed by atoms with Gasteiger partial charge in [-0.2, -0.15) is 0 Å². The van der Waals surface area contributed by atoms with E-state index in [0.29, 0.717) is 17.0 Å². The number of hydrazine groups is 1. The summed E-state index contributed by atoms with van der Waals surface area (Å²) in [5.74, 6) is 6.01. The second-order valence-corrected chi connectivity index (χ2v) is 4.85. The van der Waals surface area contributed by atoms with E-state index in [4.69, 9.17) is 22.2 Å². The Balaban J connectivity index is 2.26. The average molecular weight is 295 g/mol. The van der Waals surface area contributed by atoms with Crippen LogP contribution in [0.5, 0.6) is 5.75 Å². The zero-order valence-electron chi connectivity index (χ0n) is 11.1. The Bertz CT molecular complexity index is 592. The lowest BCUT2D eigenvalue weighted by molar-refractivity contribution is 0.414. The van der Waals surface area contributed by atoms with E-state index in [1.54, 1.807) is 7.11 Å². The summed E-state index contributed by atoms with van der Waals surface area (Å²) in [6.45, 7) is 0. The molecule has 3 nitrogen and oxygen atoms in total. The average Bonchev–Trinajstić information content (AvgIpc) is 2.47. The Morgan fingerprint density at radius 1 is 1.30 bits per heavy atom. The van der Waals surface area contributed by atoms with Crippen LogP contribution in [0.25, 0.3) is 0 Å². The van der Waals surface area contributed by atoms with Crippen LogP contribution in [0.2, 0.25) is 5.02 Å². The Morgan fingerprint density at radius 2 is 2.10 bits per heavy atom. The van der Waals surface area contributed by atoms with E-state index in [1.165, 1.54) is 18.2 Å². The van der Waals surface area contributed by atoms with Gasteiger partial charge >= 0.3 is 0 Å². The summed E-state index contributed by atoms with van der Waals surface area (Å²) < 4.78 is 18.5. The van der Waals surface area contributed by atoms with Gasteiger partial charge in [0.15, 0.2) is 0 Å². The van der Waals surface area contributed by atoms with Crippen LogP contribution in [0.4, 0.5) is 4.39 Å². The minimum atomic E-state index is -0.338. The van der Waals surface area contributed by atoms with E-state index < -0.39 is 0 Å². The summed E-state index contributed by atoms with van der Waals surface area (Å²) in [6, 6.07) is 11.6. The van der Waals surface area contributed by atoms with Crippen LogP contribution < -0.4 is 16.0 Å². The Labute approximate surface area is 122 Å². The first-order chi connectivity index (χ1) is 9.63. The largest absolute Gasteiger partial charge is 0.497 e. The predicted octanol–water partition coefficient (Wildman–Crippen LogP) is 3.23. The van der Waals surface area contributed by atoms with Gasteiger partial charge in [-0.05, 0) is 47.9 Å². The molecule has 5 heteroatoms. The molecule has 20 heavy (non-hydrogen) atoms. The van der Waals surface area contributed by atoms with Gasteiger partial charge in [-0.25, -0.2) is 4.39 Å². The summed E-state index contributed by atoms with van der Waals surface area (Å²) >= 11 is 6.11. The number of rotatable bonds is 5. The molecule has 0 spiro atoms. The molecule has 1 atom stereocenters. The molecule has 0 radical (unpaired) electrons. The minimum Gasteiger partial charge on any atom is -0.497 e. The fraction of sp³-hybridized carbons (Fsp3) is 0.200. The van der Waals surface area contributed by atoms with Crippen molar-refractivity contribution < 1.29 is 9.13 Å². The molecule has 106 valence electrons. The molecule has 2 aromatic carbocycles. The van der Waals surface area contributed by atoms with Gasteiger partial charge in [-0.3, -0.25) is 11.3 Å². The first kappa shape index (κ1) is 14.8. The third-order valence-corrected chi connectivity index (χ3v) is 3.45. The molecule has 0 saturated heterocycles. The van der Waals surface area contributed by atoms with E-state index >= 15 is 0 Å². The molecule has 0 saturated carbocycles. The Kier molecular flexibility index (Phi) is 4.95. The number of hydrogen-bond donors (Lipinski definition) is 2. The predicted molar refractivity (Wildman–Crippen MR) is 78.2 cm³/mol. The number of ether oxygens (including phenoxy) is 1. The highest BCUT2D eigenvalue weighted by Gasteiger charge is 2.15. The molecule has 0 aromatic heterocycles. The van der Waals surface area contributed by atoms with Crippen LogP contribution in [0, 0.1) is 5.82 Å². The second kappa shape index (κ2) is 6.70. The van der Waals surface area contributed by atoms with Gasteiger partial charge < -0.3 is 4.74 Å². The lowest BCUT2D eigenvalue weighted by atomic mass is 9.99. The van der Waals surface area contributed by atoms with E-state index in [-0.39, 0.29) is 11.9 Å². The molecule has 0 aliphatic rings. The highest BCUT2D eigenvalue weighted by atomic mass is 35.5.